The summed E-state index contributed by atoms with van der Waals surface area (Å²) in [6, 6.07) is -8.11. The van der Waals surface area contributed by atoms with Crippen LogP contribution in [0.15, 0.2) is 0 Å². The van der Waals surface area contributed by atoms with Gasteiger partial charge >= 0.3 is 29.8 Å². The molecule has 71 heavy (non-hydrogen) atoms. The van der Waals surface area contributed by atoms with Crippen LogP contribution in [-0.4, -0.2) is 132 Å². The largest absolute Gasteiger partial charge is 0.451 e. The SMILES string of the molecule is CC(C)C1OC(=O)[C@@H](C(C)C)NC(=O)[C@H](C)NC(=O)[C@H](C(C)C)OC(=O)[C@@H](C(C)C)NC(=O)[C@H](C)OC(=O)[C@H](C(C)C)NC(=O)[C@H](C(C)C)OC(=O)[C@@H](C(C)C)NC(=O)[C@H](C)OC(=O)[C@H](C(C)C)NC1=O. The molecule has 6 amide bonds. The van der Waals surface area contributed by atoms with E-state index in [9.17, 15) is 52.7 Å². The van der Waals surface area contributed by atoms with Gasteiger partial charge in [-0.1, -0.05) is 111 Å². The smallest absolute Gasteiger partial charge is 0.329 e. The van der Waals surface area contributed by atoms with E-state index in [0.29, 0.717) is 0 Å². The van der Waals surface area contributed by atoms with Crippen molar-refractivity contribution in [3.05, 3.63) is 0 Å². The molecule has 22 heteroatoms. The van der Waals surface area contributed by atoms with Crippen LogP contribution in [0, 0.1) is 47.3 Å². The van der Waals surface area contributed by atoms with Crippen molar-refractivity contribution in [1.29, 1.82) is 0 Å². The minimum absolute atomic E-state index is 0.605. The number of ether oxygens (including phenoxy) is 5. The van der Waals surface area contributed by atoms with Gasteiger partial charge < -0.3 is 55.6 Å². The summed E-state index contributed by atoms with van der Waals surface area (Å²) in [7, 11) is 0. The molecule has 11 atom stereocenters. The highest BCUT2D eigenvalue weighted by atomic mass is 16.6. The summed E-state index contributed by atoms with van der Waals surface area (Å²) in [6.07, 6.45) is -7.52. The summed E-state index contributed by atoms with van der Waals surface area (Å²) in [5, 5.41) is 15.1. The molecule has 0 radical (unpaired) electrons. The van der Waals surface area contributed by atoms with Gasteiger partial charge in [0.05, 0.1) is 0 Å². The average molecular weight is 1010 g/mol. The molecule has 0 saturated carbocycles. The van der Waals surface area contributed by atoms with Crippen LogP contribution < -0.4 is 31.9 Å². The molecule has 0 aliphatic carbocycles. The van der Waals surface area contributed by atoms with E-state index in [1.54, 1.807) is 111 Å². The Bertz CT molecular complexity index is 1890. The van der Waals surface area contributed by atoms with Gasteiger partial charge in [-0.25, -0.2) is 24.0 Å². The lowest BCUT2D eigenvalue weighted by Crippen LogP contribution is -2.56. The van der Waals surface area contributed by atoms with Crippen molar-refractivity contribution in [2.45, 2.75) is 198 Å². The Hall–Kier alpha value is -5.83. The van der Waals surface area contributed by atoms with E-state index in [1.165, 1.54) is 20.8 Å². The molecule has 1 aliphatic heterocycles. The van der Waals surface area contributed by atoms with Crippen molar-refractivity contribution in [3.63, 3.8) is 0 Å². The molecule has 0 aromatic carbocycles. The van der Waals surface area contributed by atoms with E-state index < -0.39 is 179 Å². The summed E-state index contributed by atoms with van der Waals surface area (Å²) in [5.74, 6) is -15.5. The standard InChI is InChI=1S/C49H82N6O16/c1-20(2)31-45(62)68-30(19)41(58)53-35(24(9)10)49(66)71-38(27(15)16)44(61)55-32(21(3)4)46(63)67-29(18)40(57)52-34(23(7)8)48(65)69-36(25(11)12)42(59)50-28(17)39(56)51-33(22(5)6)47(64)70-37(26(13)14)43(60)54-31/h20-38H,1-19H3,(H,50,59)(H,51,56)(H,52,57)(H,53,58)(H,54,60)(H,55,61)/t28-,29-,30-,31-,32-,33+,34+,35+,36-,37?,38-/m0/s1. The molecule has 1 fully saturated rings. The molecule has 404 valence electrons. The lowest BCUT2D eigenvalue weighted by atomic mass is 10.0. The Kier molecular flexibility index (Phi) is 25.2. The Balaban J connectivity index is 3.82. The van der Waals surface area contributed by atoms with Crippen LogP contribution in [0.25, 0.3) is 0 Å². The maximum Gasteiger partial charge on any atom is 0.329 e. The second-order valence-electron chi connectivity index (χ2n) is 20.8. The molecular weight excluding hydrogens is 929 g/mol. The first kappa shape index (κ1) is 63.2. The Morgan fingerprint density at radius 2 is 0.465 bits per heavy atom. The number of nitrogens with one attached hydrogen (secondary N) is 6. The van der Waals surface area contributed by atoms with Crippen LogP contribution in [0.3, 0.4) is 0 Å². The molecule has 0 bridgehead atoms. The molecule has 1 rings (SSSR count). The van der Waals surface area contributed by atoms with Gasteiger partial charge in [0.1, 0.15) is 36.3 Å². The molecular formula is C49H82N6O16. The summed E-state index contributed by atoms with van der Waals surface area (Å²) in [6.45, 7) is 29.3. The first-order chi connectivity index (χ1) is 32.6. The van der Waals surface area contributed by atoms with E-state index in [0.717, 1.165) is 0 Å². The van der Waals surface area contributed by atoms with Crippen molar-refractivity contribution < 1.29 is 76.4 Å². The first-order valence-electron chi connectivity index (χ1n) is 24.5. The lowest BCUT2D eigenvalue weighted by molar-refractivity contribution is -0.166. The third-order valence-electron chi connectivity index (χ3n) is 11.5. The number of amides is 6. The zero-order valence-corrected chi connectivity index (χ0v) is 45.0. The first-order valence-corrected chi connectivity index (χ1v) is 24.5. The van der Waals surface area contributed by atoms with Gasteiger partial charge in [-0.3, -0.25) is 28.8 Å². The second-order valence-corrected chi connectivity index (χ2v) is 20.8. The Labute approximate surface area is 418 Å². The van der Waals surface area contributed by atoms with Gasteiger partial charge in [0, 0.05) is 0 Å². The zero-order valence-electron chi connectivity index (χ0n) is 45.0. The van der Waals surface area contributed by atoms with Gasteiger partial charge in [-0.05, 0) is 68.1 Å². The molecule has 0 spiro atoms. The van der Waals surface area contributed by atoms with Crippen molar-refractivity contribution in [1.82, 2.24) is 31.9 Å². The molecule has 1 unspecified atom stereocenters. The normalized spacial score (nSPS) is 28.9. The summed E-state index contributed by atoms with van der Waals surface area (Å²) in [5.41, 5.74) is 0. The van der Waals surface area contributed by atoms with Gasteiger partial charge in [0.15, 0.2) is 30.5 Å². The van der Waals surface area contributed by atoms with Crippen molar-refractivity contribution >= 4 is 65.3 Å². The quantitative estimate of drug-likeness (QED) is 0.149. The molecule has 0 aromatic rings. The van der Waals surface area contributed by atoms with Crippen molar-refractivity contribution in [2.75, 3.05) is 0 Å². The zero-order chi connectivity index (χ0) is 55.1. The molecule has 0 aromatic heterocycles. The highest BCUT2D eigenvalue weighted by Gasteiger charge is 2.41. The maximum atomic E-state index is 13.8. The van der Waals surface area contributed by atoms with E-state index in [2.05, 4.69) is 31.9 Å². The van der Waals surface area contributed by atoms with E-state index >= 15 is 0 Å². The fraction of sp³-hybridized carbons (Fsp3) is 0.776. The van der Waals surface area contributed by atoms with E-state index in [1.807, 2.05) is 0 Å². The van der Waals surface area contributed by atoms with Crippen LogP contribution >= 0.6 is 0 Å². The number of cyclic esters (lactones) is 5. The van der Waals surface area contributed by atoms with Crippen LogP contribution in [-0.2, 0) is 76.4 Å². The molecule has 22 nitrogen and oxygen atoms in total. The fourth-order valence-electron chi connectivity index (χ4n) is 6.81. The molecule has 1 aliphatic rings. The highest BCUT2D eigenvalue weighted by Crippen LogP contribution is 2.18. The number of hydrogen-bond acceptors (Lipinski definition) is 16. The van der Waals surface area contributed by atoms with Crippen molar-refractivity contribution in [3.8, 4) is 0 Å². The number of carbonyl (C=O) groups is 11. The number of carbonyl (C=O) groups excluding carboxylic acids is 11. The predicted molar refractivity (Wildman–Crippen MR) is 257 cm³/mol. The van der Waals surface area contributed by atoms with Crippen molar-refractivity contribution in [2.24, 2.45) is 47.3 Å². The summed E-state index contributed by atoms with van der Waals surface area (Å²) < 4.78 is 27.9. The van der Waals surface area contributed by atoms with Gasteiger partial charge in [-0.15, -0.1) is 0 Å². The average Bonchev–Trinajstić information content (AvgIpc) is 3.25. The fourth-order valence-corrected chi connectivity index (χ4v) is 6.81. The molecule has 6 N–H and O–H groups in total. The Morgan fingerprint density at radius 3 is 0.690 bits per heavy atom. The summed E-state index contributed by atoms with van der Waals surface area (Å²) in [4.78, 5) is 150. The van der Waals surface area contributed by atoms with Crippen LogP contribution in [0.5, 0.6) is 0 Å². The lowest BCUT2D eigenvalue weighted by Gasteiger charge is -2.30. The van der Waals surface area contributed by atoms with Crippen LogP contribution in [0.1, 0.15) is 132 Å². The minimum atomic E-state index is -1.53. The van der Waals surface area contributed by atoms with Gasteiger partial charge in [0.25, 0.3) is 29.5 Å². The maximum absolute atomic E-state index is 13.8. The van der Waals surface area contributed by atoms with Gasteiger partial charge in [0.2, 0.25) is 5.91 Å². The number of esters is 5. The van der Waals surface area contributed by atoms with E-state index in [-0.39, 0.29) is 0 Å². The van der Waals surface area contributed by atoms with Gasteiger partial charge in [-0.2, -0.15) is 0 Å². The number of hydrogen-bond donors (Lipinski definition) is 6. The second kappa shape index (κ2) is 28.3. The number of rotatable bonds is 8. The van der Waals surface area contributed by atoms with E-state index in [4.69, 9.17) is 23.7 Å². The van der Waals surface area contributed by atoms with Crippen LogP contribution in [0.2, 0.25) is 0 Å². The van der Waals surface area contributed by atoms with Crippen LogP contribution in [0.4, 0.5) is 0 Å². The Morgan fingerprint density at radius 1 is 0.268 bits per heavy atom. The monoisotopic (exact) mass is 1010 g/mol. The predicted octanol–water partition coefficient (Wildman–Crippen LogP) is 1.78. The highest BCUT2D eigenvalue weighted by molar-refractivity contribution is 5.96. The topological polar surface area (TPSA) is 306 Å². The minimum Gasteiger partial charge on any atom is -0.451 e. The summed E-state index contributed by atoms with van der Waals surface area (Å²) >= 11 is 0. The molecule has 1 heterocycles. The third kappa shape index (κ3) is 19.0. The third-order valence-corrected chi connectivity index (χ3v) is 11.5. The molecule has 1 saturated heterocycles.